The van der Waals surface area contributed by atoms with Gasteiger partial charge >= 0.3 is 0 Å². The number of nitrogens with zero attached hydrogens (tertiary/aromatic N) is 1. The molecule has 4 N–H and O–H groups in total. The molecule has 110 valence electrons. The van der Waals surface area contributed by atoms with Crippen LogP contribution in [0.25, 0.3) is 0 Å². The third kappa shape index (κ3) is 4.03. The Bertz CT molecular complexity index is 661. The van der Waals surface area contributed by atoms with E-state index in [1.165, 1.54) is 0 Å². The number of phenolic OH excluding ortho intramolecular Hbond substituents is 1. The number of nitrogen functional groups attached to an aromatic ring is 1. The van der Waals surface area contributed by atoms with E-state index in [2.05, 4.69) is 5.32 Å². The van der Waals surface area contributed by atoms with Crippen molar-refractivity contribution >= 4 is 34.6 Å². The number of aromatic hydroxyl groups is 1. The van der Waals surface area contributed by atoms with Gasteiger partial charge in [-0.1, -0.05) is 17.7 Å². The van der Waals surface area contributed by atoms with Crippen molar-refractivity contribution in [3.05, 3.63) is 47.5 Å². The number of halogens is 1. The molecular formula is C15H16ClN3O2. The Morgan fingerprint density at radius 1 is 1.33 bits per heavy atom. The van der Waals surface area contributed by atoms with Crippen molar-refractivity contribution in [3.8, 4) is 5.75 Å². The molecule has 0 saturated heterocycles. The molecule has 0 atom stereocenters. The maximum absolute atomic E-state index is 12.0. The summed E-state index contributed by atoms with van der Waals surface area (Å²) in [6.07, 6.45) is 0. The van der Waals surface area contributed by atoms with E-state index in [9.17, 15) is 9.90 Å². The van der Waals surface area contributed by atoms with E-state index in [1.807, 2.05) is 6.07 Å². The van der Waals surface area contributed by atoms with Crippen LogP contribution in [0, 0.1) is 0 Å². The second-order valence-corrected chi connectivity index (χ2v) is 5.07. The molecule has 0 bridgehead atoms. The fourth-order valence-corrected chi connectivity index (χ4v) is 1.98. The molecule has 6 heteroatoms. The lowest BCUT2D eigenvalue weighted by Crippen LogP contribution is -2.30. The molecule has 2 rings (SSSR count). The summed E-state index contributed by atoms with van der Waals surface area (Å²) < 4.78 is 0. The molecule has 0 fully saturated rings. The predicted molar refractivity (Wildman–Crippen MR) is 85.9 cm³/mol. The van der Waals surface area contributed by atoms with Crippen molar-refractivity contribution in [2.24, 2.45) is 0 Å². The maximum atomic E-state index is 12.0. The average molecular weight is 306 g/mol. The van der Waals surface area contributed by atoms with Crippen molar-refractivity contribution in [2.75, 3.05) is 29.5 Å². The Hall–Kier alpha value is -2.40. The maximum Gasteiger partial charge on any atom is 0.243 e. The third-order valence-electron chi connectivity index (χ3n) is 2.93. The van der Waals surface area contributed by atoms with Gasteiger partial charge in [0.25, 0.3) is 0 Å². The zero-order chi connectivity index (χ0) is 15.4. The smallest absolute Gasteiger partial charge is 0.243 e. The quantitative estimate of drug-likeness (QED) is 0.759. The van der Waals surface area contributed by atoms with E-state index in [0.717, 1.165) is 5.69 Å². The van der Waals surface area contributed by atoms with Gasteiger partial charge in [-0.3, -0.25) is 4.79 Å². The first-order chi connectivity index (χ1) is 9.95. The number of carbonyl (C=O) groups is 1. The van der Waals surface area contributed by atoms with Gasteiger partial charge in [0.15, 0.2) is 0 Å². The minimum Gasteiger partial charge on any atom is -0.508 e. The Balaban J connectivity index is 1.99. The second-order valence-electron chi connectivity index (χ2n) is 4.66. The second kappa shape index (κ2) is 6.37. The largest absolute Gasteiger partial charge is 0.508 e. The fraction of sp³-hybridized carbons (Fsp3) is 0.133. The Labute approximate surface area is 127 Å². The number of likely N-dealkylation sites (N-methyl/N-ethyl adjacent to an activating group) is 1. The summed E-state index contributed by atoms with van der Waals surface area (Å²) in [6.45, 7) is 0.145. The molecule has 1 amide bonds. The third-order valence-corrected chi connectivity index (χ3v) is 3.28. The Kier molecular flexibility index (Phi) is 4.55. The highest BCUT2D eigenvalue weighted by atomic mass is 35.5. The molecule has 0 heterocycles. The van der Waals surface area contributed by atoms with Crippen molar-refractivity contribution in [1.82, 2.24) is 0 Å². The minimum absolute atomic E-state index is 0.145. The molecule has 21 heavy (non-hydrogen) atoms. The lowest BCUT2D eigenvalue weighted by Gasteiger charge is -2.19. The van der Waals surface area contributed by atoms with Crippen LogP contribution in [0.1, 0.15) is 0 Å². The zero-order valence-electron chi connectivity index (χ0n) is 11.5. The highest BCUT2D eigenvalue weighted by Gasteiger charge is 2.09. The fourth-order valence-electron chi connectivity index (χ4n) is 1.86. The van der Waals surface area contributed by atoms with Crippen LogP contribution in [0.4, 0.5) is 17.1 Å². The van der Waals surface area contributed by atoms with Gasteiger partial charge in [0.1, 0.15) is 5.75 Å². The summed E-state index contributed by atoms with van der Waals surface area (Å²) >= 11 is 5.83. The number of benzene rings is 2. The van der Waals surface area contributed by atoms with E-state index in [0.29, 0.717) is 16.4 Å². The number of nitrogens with one attached hydrogen (secondary N) is 1. The summed E-state index contributed by atoms with van der Waals surface area (Å²) in [5, 5.41) is 12.6. The summed E-state index contributed by atoms with van der Waals surface area (Å²) in [5.74, 6) is -0.0344. The van der Waals surface area contributed by atoms with Crippen LogP contribution in [0.5, 0.6) is 5.75 Å². The van der Waals surface area contributed by atoms with Crippen molar-refractivity contribution in [1.29, 1.82) is 0 Å². The molecule has 0 spiro atoms. The van der Waals surface area contributed by atoms with Gasteiger partial charge in [0.05, 0.1) is 17.3 Å². The topological polar surface area (TPSA) is 78.6 Å². The molecule has 0 aliphatic carbocycles. The molecule has 2 aromatic rings. The van der Waals surface area contributed by atoms with Crippen LogP contribution in [0.3, 0.4) is 0 Å². The number of carbonyl (C=O) groups excluding carboxylic acids is 1. The first-order valence-electron chi connectivity index (χ1n) is 6.31. The lowest BCUT2D eigenvalue weighted by molar-refractivity contribution is -0.114. The predicted octanol–water partition coefficient (Wildman–Crippen LogP) is 2.70. The van der Waals surface area contributed by atoms with Crippen LogP contribution >= 0.6 is 11.6 Å². The van der Waals surface area contributed by atoms with Gasteiger partial charge in [-0.15, -0.1) is 0 Å². The first-order valence-corrected chi connectivity index (χ1v) is 6.68. The summed E-state index contributed by atoms with van der Waals surface area (Å²) in [6, 6.07) is 11.6. The Morgan fingerprint density at radius 3 is 2.76 bits per heavy atom. The van der Waals surface area contributed by atoms with Crippen LogP contribution in [0.15, 0.2) is 42.5 Å². The van der Waals surface area contributed by atoms with Crippen LogP contribution in [-0.4, -0.2) is 24.6 Å². The SMILES string of the molecule is CN(CC(=O)Nc1ccc(Cl)c(N)c1)c1cccc(O)c1. The molecule has 0 radical (unpaired) electrons. The van der Waals surface area contributed by atoms with Crippen molar-refractivity contribution < 1.29 is 9.90 Å². The normalized spacial score (nSPS) is 10.2. The number of anilines is 3. The van der Waals surface area contributed by atoms with Crippen molar-refractivity contribution in [2.45, 2.75) is 0 Å². The summed E-state index contributed by atoms with van der Waals surface area (Å²) in [4.78, 5) is 13.7. The lowest BCUT2D eigenvalue weighted by atomic mass is 10.2. The van der Waals surface area contributed by atoms with E-state index < -0.39 is 0 Å². The number of amides is 1. The number of phenols is 1. The monoisotopic (exact) mass is 305 g/mol. The highest BCUT2D eigenvalue weighted by Crippen LogP contribution is 2.22. The molecule has 0 aliphatic heterocycles. The van der Waals surface area contributed by atoms with E-state index in [-0.39, 0.29) is 18.2 Å². The zero-order valence-corrected chi connectivity index (χ0v) is 12.3. The van der Waals surface area contributed by atoms with Gasteiger partial charge in [0.2, 0.25) is 5.91 Å². The molecule has 5 nitrogen and oxygen atoms in total. The van der Waals surface area contributed by atoms with Gasteiger partial charge in [-0.2, -0.15) is 0 Å². The standard InChI is InChI=1S/C15H16ClN3O2/c1-19(11-3-2-4-12(20)8-11)9-15(21)18-10-5-6-13(16)14(17)7-10/h2-8,20H,9,17H2,1H3,(H,18,21). The number of nitrogens with two attached hydrogens (primary N) is 1. The molecule has 0 unspecified atom stereocenters. The molecule has 0 aromatic heterocycles. The summed E-state index contributed by atoms with van der Waals surface area (Å²) in [7, 11) is 1.77. The Morgan fingerprint density at radius 2 is 2.10 bits per heavy atom. The summed E-state index contributed by atoms with van der Waals surface area (Å²) in [5.41, 5.74) is 7.44. The number of hydrogen-bond donors (Lipinski definition) is 3. The minimum atomic E-state index is -0.192. The van der Waals surface area contributed by atoms with Crippen LogP contribution in [-0.2, 0) is 4.79 Å². The molecule has 2 aromatic carbocycles. The molecule has 0 saturated carbocycles. The average Bonchev–Trinajstić information content (AvgIpc) is 2.43. The van der Waals surface area contributed by atoms with Gasteiger partial charge in [0, 0.05) is 24.5 Å². The van der Waals surface area contributed by atoms with Gasteiger partial charge in [-0.25, -0.2) is 0 Å². The van der Waals surface area contributed by atoms with Gasteiger partial charge in [-0.05, 0) is 30.3 Å². The van der Waals surface area contributed by atoms with E-state index >= 15 is 0 Å². The number of rotatable bonds is 4. The number of hydrogen-bond acceptors (Lipinski definition) is 4. The van der Waals surface area contributed by atoms with Crippen LogP contribution in [0.2, 0.25) is 5.02 Å². The first kappa shape index (κ1) is 15.0. The molecule has 0 aliphatic rings. The molecular weight excluding hydrogens is 290 g/mol. The van der Waals surface area contributed by atoms with Crippen molar-refractivity contribution in [3.63, 3.8) is 0 Å². The highest BCUT2D eigenvalue weighted by molar-refractivity contribution is 6.33. The van der Waals surface area contributed by atoms with Crippen LogP contribution < -0.4 is 16.0 Å². The van der Waals surface area contributed by atoms with E-state index in [1.54, 1.807) is 48.3 Å². The van der Waals surface area contributed by atoms with E-state index in [4.69, 9.17) is 17.3 Å². The van der Waals surface area contributed by atoms with Gasteiger partial charge < -0.3 is 21.1 Å².